The Hall–Kier alpha value is -2.63. The third-order valence-corrected chi connectivity index (χ3v) is 2.45. The van der Waals surface area contributed by atoms with Gasteiger partial charge in [-0.2, -0.15) is 4.98 Å². The highest BCUT2D eigenvalue weighted by molar-refractivity contribution is 5.58. The van der Waals surface area contributed by atoms with Crippen LogP contribution in [0.15, 0.2) is 41.1 Å². The van der Waals surface area contributed by atoms with E-state index in [1.54, 1.807) is 18.3 Å². The molecule has 18 heavy (non-hydrogen) atoms. The molecule has 0 spiro atoms. The van der Waals surface area contributed by atoms with Gasteiger partial charge >= 0.3 is 0 Å². The van der Waals surface area contributed by atoms with Crippen molar-refractivity contribution < 1.29 is 14.0 Å². The van der Waals surface area contributed by atoms with E-state index >= 15 is 0 Å². The molecular weight excluding hydrogens is 237 g/mol. The summed E-state index contributed by atoms with van der Waals surface area (Å²) in [4.78, 5) is 7.01. The predicted octanol–water partition coefficient (Wildman–Crippen LogP) is 2.58. The molecule has 6 heteroatoms. The summed E-state index contributed by atoms with van der Waals surface area (Å²) in [6.45, 7) is 0. The van der Waals surface area contributed by atoms with Crippen molar-refractivity contribution in [3.8, 4) is 28.7 Å². The molecule has 0 aliphatic heterocycles. The van der Waals surface area contributed by atoms with Crippen LogP contribution in [0.2, 0.25) is 0 Å². The second kappa shape index (κ2) is 3.99. The highest BCUT2D eigenvalue weighted by atomic mass is 19.1. The van der Waals surface area contributed by atoms with Gasteiger partial charge in [-0.05, 0) is 24.3 Å². The third-order valence-electron chi connectivity index (χ3n) is 2.45. The fraction of sp³-hybridized carbons (Fsp3) is 0. The number of nitrogens with zero attached hydrogens (tertiary/aromatic N) is 2. The molecule has 5 nitrogen and oxygen atoms in total. The summed E-state index contributed by atoms with van der Waals surface area (Å²) in [5, 5.41) is 12.9. The minimum Gasteiger partial charge on any atom is -0.508 e. The van der Waals surface area contributed by atoms with E-state index in [2.05, 4.69) is 15.1 Å². The van der Waals surface area contributed by atoms with Gasteiger partial charge in [0.25, 0.3) is 5.89 Å². The summed E-state index contributed by atoms with van der Waals surface area (Å²) in [6, 6.07) is 7.32. The summed E-state index contributed by atoms with van der Waals surface area (Å²) < 4.78 is 18.6. The van der Waals surface area contributed by atoms with Gasteiger partial charge in [-0.25, -0.2) is 4.39 Å². The van der Waals surface area contributed by atoms with Crippen LogP contribution in [0.5, 0.6) is 5.75 Å². The first-order valence-electron chi connectivity index (χ1n) is 5.20. The van der Waals surface area contributed by atoms with Gasteiger partial charge in [0.2, 0.25) is 5.82 Å². The quantitative estimate of drug-likeness (QED) is 0.727. The van der Waals surface area contributed by atoms with E-state index in [9.17, 15) is 4.39 Å². The number of phenolic OH excluding ortho intramolecular Hbond substituents is 1. The number of H-pyrrole nitrogens is 1. The average molecular weight is 245 g/mol. The van der Waals surface area contributed by atoms with E-state index < -0.39 is 5.82 Å². The van der Waals surface area contributed by atoms with Crippen LogP contribution in [0.25, 0.3) is 23.0 Å². The molecule has 0 aliphatic rings. The molecule has 3 aromatic rings. The largest absolute Gasteiger partial charge is 0.508 e. The lowest BCUT2D eigenvalue weighted by atomic mass is 10.2. The zero-order chi connectivity index (χ0) is 12.5. The maximum Gasteiger partial charge on any atom is 0.261 e. The SMILES string of the molecule is Oc1ccc(-c2nc(-c3ccc[nH]3)no2)c(F)c1. The maximum absolute atomic E-state index is 13.6. The van der Waals surface area contributed by atoms with Crippen molar-refractivity contribution >= 4 is 0 Å². The molecule has 2 N–H and O–H groups in total. The summed E-state index contributed by atoms with van der Waals surface area (Å²) in [6.07, 6.45) is 1.73. The molecule has 1 aromatic carbocycles. The second-order valence-corrected chi connectivity index (χ2v) is 3.67. The van der Waals surface area contributed by atoms with E-state index in [-0.39, 0.29) is 17.2 Å². The Morgan fingerprint density at radius 1 is 1.28 bits per heavy atom. The van der Waals surface area contributed by atoms with Crippen molar-refractivity contribution in [3.63, 3.8) is 0 Å². The summed E-state index contributed by atoms with van der Waals surface area (Å²) in [7, 11) is 0. The lowest BCUT2D eigenvalue weighted by Crippen LogP contribution is -1.84. The molecule has 0 bridgehead atoms. The van der Waals surface area contributed by atoms with E-state index in [1.165, 1.54) is 12.1 Å². The number of halogens is 1. The van der Waals surface area contributed by atoms with Gasteiger partial charge in [0.05, 0.1) is 11.3 Å². The second-order valence-electron chi connectivity index (χ2n) is 3.67. The normalized spacial score (nSPS) is 10.7. The van der Waals surface area contributed by atoms with Crippen molar-refractivity contribution in [2.75, 3.05) is 0 Å². The van der Waals surface area contributed by atoms with Gasteiger partial charge in [-0.1, -0.05) is 5.16 Å². The fourth-order valence-electron chi connectivity index (χ4n) is 1.59. The van der Waals surface area contributed by atoms with E-state index in [0.29, 0.717) is 11.5 Å². The minimum atomic E-state index is -0.614. The lowest BCUT2D eigenvalue weighted by Gasteiger charge is -1.97. The number of nitrogens with one attached hydrogen (secondary N) is 1. The van der Waals surface area contributed by atoms with Crippen LogP contribution >= 0.6 is 0 Å². The monoisotopic (exact) mass is 245 g/mol. The van der Waals surface area contributed by atoms with Gasteiger partial charge in [0.1, 0.15) is 11.6 Å². The molecule has 0 amide bonds. The van der Waals surface area contributed by atoms with Gasteiger partial charge < -0.3 is 14.6 Å². The molecule has 2 heterocycles. The van der Waals surface area contributed by atoms with E-state index in [1.807, 2.05) is 0 Å². The molecule has 0 saturated heterocycles. The maximum atomic E-state index is 13.6. The Labute approximate surface area is 101 Å². The summed E-state index contributed by atoms with van der Waals surface area (Å²) in [5.74, 6) is -0.350. The predicted molar refractivity (Wildman–Crippen MR) is 61.1 cm³/mol. The van der Waals surface area contributed by atoms with Gasteiger partial charge in [-0.15, -0.1) is 0 Å². The molecule has 3 rings (SSSR count). The molecule has 2 aromatic heterocycles. The highest BCUT2D eigenvalue weighted by Gasteiger charge is 2.14. The number of aromatic hydroxyl groups is 1. The van der Waals surface area contributed by atoms with Crippen LogP contribution in [0.1, 0.15) is 0 Å². The standard InChI is InChI=1S/C12H8FN3O2/c13-9-6-7(17)3-4-8(9)12-15-11(16-18-12)10-2-1-5-14-10/h1-6,14,17H. The topological polar surface area (TPSA) is 74.9 Å². The van der Waals surface area contributed by atoms with Crippen LogP contribution in [-0.2, 0) is 0 Å². The zero-order valence-corrected chi connectivity index (χ0v) is 9.09. The van der Waals surface area contributed by atoms with Crippen LogP contribution in [0, 0.1) is 5.82 Å². The number of hydrogen-bond acceptors (Lipinski definition) is 4. The van der Waals surface area contributed by atoms with Crippen LogP contribution < -0.4 is 0 Å². The van der Waals surface area contributed by atoms with Gasteiger partial charge in [-0.3, -0.25) is 0 Å². The van der Waals surface area contributed by atoms with Crippen molar-refractivity contribution in [1.29, 1.82) is 0 Å². The smallest absolute Gasteiger partial charge is 0.261 e. The van der Waals surface area contributed by atoms with Crippen molar-refractivity contribution in [1.82, 2.24) is 15.1 Å². The average Bonchev–Trinajstić information content (AvgIpc) is 2.99. The van der Waals surface area contributed by atoms with Crippen molar-refractivity contribution in [2.24, 2.45) is 0 Å². The van der Waals surface area contributed by atoms with Crippen LogP contribution in [0.4, 0.5) is 4.39 Å². The number of hydrogen-bond donors (Lipinski definition) is 2. The van der Waals surface area contributed by atoms with Crippen molar-refractivity contribution in [3.05, 3.63) is 42.3 Å². The van der Waals surface area contributed by atoms with E-state index in [0.717, 1.165) is 6.07 Å². The lowest BCUT2D eigenvalue weighted by molar-refractivity contribution is 0.428. The van der Waals surface area contributed by atoms with Crippen LogP contribution in [-0.4, -0.2) is 20.2 Å². The molecule has 0 radical (unpaired) electrons. The number of benzene rings is 1. The Morgan fingerprint density at radius 3 is 2.89 bits per heavy atom. The number of rotatable bonds is 2. The highest BCUT2D eigenvalue weighted by Crippen LogP contribution is 2.26. The molecule has 0 fully saturated rings. The summed E-state index contributed by atoms with van der Waals surface area (Å²) >= 11 is 0. The Bertz CT molecular complexity index is 676. The zero-order valence-electron chi connectivity index (χ0n) is 9.09. The van der Waals surface area contributed by atoms with Crippen LogP contribution in [0.3, 0.4) is 0 Å². The first kappa shape index (κ1) is 10.5. The number of phenols is 1. The molecule has 0 aliphatic carbocycles. The molecular formula is C12H8FN3O2. The number of aromatic nitrogens is 3. The first-order chi connectivity index (χ1) is 8.74. The fourth-order valence-corrected chi connectivity index (χ4v) is 1.59. The van der Waals surface area contributed by atoms with Gasteiger partial charge in [0, 0.05) is 12.3 Å². The Morgan fingerprint density at radius 2 is 2.17 bits per heavy atom. The van der Waals surface area contributed by atoms with E-state index in [4.69, 9.17) is 9.63 Å². The molecule has 0 atom stereocenters. The first-order valence-corrected chi connectivity index (χ1v) is 5.20. The minimum absolute atomic E-state index is 0.0668. The number of aromatic amines is 1. The molecule has 0 unspecified atom stereocenters. The molecule has 90 valence electrons. The Kier molecular flexibility index (Phi) is 2.33. The summed E-state index contributed by atoms with van der Waals surface area (Å²) in [5.41, 5.74) is 0.835. The Balaban J connectivity index is 2.03. The molecule has 0 saturated carbocycles. The van der Waals surface area contributed by atoms with Gasteiger partial charge in [0.15, 0.2) is 0 Å². The third kappa shape index (κ3) is 1.73. The van der Waals surface area contributed by atoms with Crippen molar-refractivity contribution in [2.45, 2.75) is 0 Å².